The third kappa shape index (κ3) is 4.84. The van der Waals surface area contributed by atoms with Crippen LogP contribution >= 0.6 is 0 Å². The van der Waals surface area contributed by atoms with E-state index in [0.717, 1.165) is 73.9 Å². The van der Waals surface area contributed by atoms with Gasteiger partial charge in [0.15, 0.2) is 0 Å². The van der Waals surface area contributed by atoms with Crippen LogP contribution in [0.5, 0.6) is 5.75 Å². The van der Waals surface area contributed by atoms with Gasteiger partial charge in [0.05, 0.1) is 6.54 Å². The molecule has 3 aliphatic heterocycles. The highest BCUT2D eigenvalue weighted by molar-refractivity contribution is 5.99. The number of amides is 1. The van der Waals surface area contributed by atoms with Crippen molar-refractivity contribution in [3.63, 3.8) is 0 Å². The van der Waals surface area contributed by atoms with Gasteiger partial charge in [0.1, 0.15) is 12.4 Å². The van der Waals surface area contributed by atoms with Gasteiger partial charge in [-0.25, -0.2) is 0 Å². The Morgan fingerprint density at radius 2 is 1.84 bits per heavy atom. The molecule has 2 fully saturated rings. The lowest BCUT2D eigenvalue weighted by molar-refractivity contribution is 0.0640. The van der Waals surface area contributed by atoms with Crippen molar-refractivity contribution in [2.45, 2.75) is 57.7 Å². The summed E-state index contributed by atoms with van der Waals surface area (Å²) >= 11 is 0. The fourth-order valence-corrected chi connectivity index (χ4v) is 5.22. The Labute approximate surface area is 191 Å². The van der Waals surface area contributed by atoms with Crippen LogP contribution in [0.3, 0.4) is 0 Å². The zero-order chi connectivity index (χ0) is 21.8. The fraction of sp³-hybridized carbons (Fsp3) is 0.519. The third-order valence-electron chi connectivity index (χ3n) is 7.26. The average molecular weight is 435 g/mol. The molecule has 32 heavy (non-hydrogen) atoms. The van der Waals surface area contributed by atoms with Crippen LogP contribution in [0.25, 0.3) is 0 Å². The molecule has 0 aliphatic carbocycles. The minimum Gasteiger partial charge on any atom is -0.489 e. The zero-order valence-corrected chi connectivity index (χ0v) is 18.9. The van der Waals surface area contributed by atoms with E-state index in [4.69, 9.17) is 9.47 Å². The van der Waals surface area contributed by atoms with Gasteiger partial charge >= 0.3 is 0 Å². The van der Waals surface area contributed by atoms with Crippen molar-refractivity contribution in [2.75, 3.05) is 26.3 Å². The van der Waals surface area contributed by atoms with Gasteiger partial charge in [-0.3, -0.25) is 4.79 Å². The number of nitrogens with zero attached hydrogens (tertiary/aromatic N) is 1. The van der Waals surface area contributed by atoms with E-state index in [1.165, 1.54) is 24.8 Å². The molecule has 5 nitrogen and oxygen atoms in total. The minimum absolute atomic E-state index is 0.146. The topological polar surface area (TPSA) is 50.8 Å². The summed E-state index contributed by atoms with van der Waals surface area (Å²) in [5, 5.41) is 3.42. The number of piperidine rings is 1. The van der Waals surface area contributed by atoms with Gasteiger partial charge in [-0.1, -0.05) is 30.3 Å². The van der Waals surface area contributed by atoms with E-state index in [1.54, 1.807) is 0 Å². The lowest BCUT2D eigenvalue weighted by Crippen LogP contribution is -2.46. The SMILES string of the molecule is O=C1c2cccc(OCc3ccc(CCC4CCOCC4)cc3)c2CN1C1CCCNC1. The largest absolute Gasteiger partial charge is 0.489 e. The van der Waals surface area contributed by atoms with E-state index >= 15 is 0 Å². The molecule has 1 unspecified atom stereocenters. The summed E-state index contributed by atoms with van der Waals surface area (Å²) < 4.78 is 11.7. The Kier molecular flexibility index (Phi) is 6.75. The van der Waals surface area contributed by atoms with Crippen molar-refractivity contribution in [1.82, 2.24) is 10.2 Å². The Bertz CT molecular complexity index is 915. The third-order valence-corrected chi connectivity index (χ3v) is 7.26. The number of carbonyl (C=O) groups excluding carboxylic acids is 1. The molecule has 0 bridgehead atoms. The smallest absolute Gasteiger partial charge is 0.254 e. The number of hydrogen-bond donors (Lipinski definition) is 1. The van der Waals surface area contributed by atoms with Gasteiger partial charge in [0.2, 0.25) is 0 Å². The quantitative estimate of drug-likeness (QED) is 0.705. The highest BCUT2D eigenvalue weighted by Crippen LogP contribution is 2.33. The molecule has 5 rings (SSSR count). The molecule has 0 spiro atoms. The molecule has 170 valence electrons. The van der Waals surface area contributed by atoms with Crippen molar-refractivity contribution in [1.29, 1.82) is 0 Å². The van der Waals surface area contributed by atoms with E-state index in [1.807, 2.05) is 23.1 Å². The Morgan fingerprint density at radius 1 is 1.03 bits per heavy atom. The summed E-state index contributed by atoms with van der Waals surface area (Å²) in [6, 6.07) is 15.0. The molecule has 5 heteroatoms. The molecular formula is C27H34N2O3. The van der Waals surface area contributed by atoms with Crippen molar-refractivity contribution in [3.05, 3.63) is 64.7 Å². The van der Waals surface area contributed by atoms with Gasteiger partial charge < -0.3 is 19.7 Å². The maximum absolute atomic E-state index is 13.0. The summed E-state index contributed by atoms with van der Waals surface area (Å²) in [5.41, 5.74) is 4.39. The second-order valence-electron chi connectivity index (χ2n) is 9.42. The zero-order valence-electron chi connectivity index (χ0n) is 18.9. The summed E-state index contributed by atoms with van der Waals surface area (Å²) in [4.78, 5) is 15.0. The van der Waals surface area contributed by atoms with E-state index in [0.29, 0.717) is 13.2 Å². The van der Waals surface area contributed by atoms with E-state index < -0.39 is 0 Å². The van der Waals surface area contributed by atoms with Crippen molar-refractivity contribution < 1.29 is 14.3 Å². The lowest BCUT2D eigenvalue weighted by atomic mass is 9.93. The molecule has 1 atom stereocenters. The van der Waals surface area contributed by atoms with Gasteiger partial charge in [0.25, 0.3) is 5.91 Å². The molecule has 2 aromatic rings. The number of benzene rings is 2. The number of hydrogen-bond acceptors (Lipinski definition) is 4. The predicted octanol–water partition coefficient (Wildman–Crippen LogP) is 4.33. The molecule has 2 saturated heterocycles. The number of fused-ring (bicyclic) bond motifs is 1. The highest BCUT2D eigenvalue weighted by atomic mass is 16.5. The highest BCUT2D eigenvalue weighted by Gasteiger charge is 2.35. The molecule has 0 aromatic heterocycles. The summed E-state index contributed by atoms with van der Waals surface area (Å²) in [5.74, 6) is 1.79. The van der Waals surface area contributed by atoms with Gasteiger partial charge in [-0.15, -0.1) is 0 Å². The van der Waals surface area contributed by atoms with Gasteiger partial charge in [-0.2, -0.15) is 0 Å². The van der Waals surface area contributed by atoms with Crippen LogP contribution in [0, 0.1) is 5.92 Å². The van der Waals surface area contributed by atoms with Crippen molar-refractivity contribution in [3.8, 4) is 5.75 Å². The molecular weight excluding hydrogens is 400 g/mol. The first kappa shape index (κ1) is 21.5. The normalized spacial score (nSPS) is 21.6. The summed E-state index contributed by atoms with van der Waals surface area (Å²) in [7, 11) is 0. The number of ether oxygens (including phenoxy) is 2. The average Bonchev–Trinajstić information content (AvgIpc) is 3.20. The molecule has 2 aromatic carbocycles. The Morgan fingerprint density at radius 3 is 2.62 bits per heavy atom. The Balaban J connectivity index is 1.18. The summed E-state index contributed by atoms with van der Waals surface area (Å²) in [6.07, 6.45) is 6.97. The van der Waals surface area contributed by atoms with E-state index in [2.05, 4.69) is 29.6 Å². The first-order valence-corrected chi connectivity index (χ1v) is 12.2. The van der Waals surface area contributed by atoms with Gasteiger partial charge in [-0.05, 0) is 74.2 Å². The first-order chi connectivity index (χ1) is 15.8. The second-order valence-corrected chi connectivity index (χ2v) is 9.42. The molecule has 0 saturated carbocycles. The van der Waals surface area contributed by atoms with Crippen LogP contribution in [0.2, 0.25) is 0 Å². The first-order valence-electron chi connectivity index (χ1n) is 12.2. The standard InChI is InChI=1S/C27H34N2O3/c30-27-24-4-1-5-26(25(24)18-29(27)23-3-2-14-28-17-23)32-19-22-10-8-20(9-11-22)6-7-21-12-15-31-16-13-21/h1,4-5,8-11,21,23,28H,2-3,6-7,12-19H2. The predicted molar refractivity (Wildman–Crippen MR) is 125 cm³/mol. The van der Waals surface area contributed by atoms with Gasteiger partial charge in [0, 0.05) is 36.9 Å². The van der Waals surface area contributed by atoms with Crippen LogP contribution in [-0.4, -0.2) is 43.2 Å². The maximum Gasteiger partial charge on any atom is 0.254 e. The molecule has 0 radical (unpaired) electrons. The number of carbonyl (C=O) groups is 1. The summed E-state index contributed by atoms with van der Waals surface area (Å²) in [6.45, 7) is 4.96. The van der Waals surface area contributed by atoms with E-state index in [9.17, 15) is 4.79 Å². The van der Waals surface area contributed by atoms with Crippen LogP contribution in [0.1, 0.15) is 59.2 Å². The van der Waals surface area contributed by atoms with Crippen LogP contribution in [0.15, 0.2) is 42.5 Å². The van der Waals surface area contributed by atoms with Crippen molar-refractivity contribution in [2.24, 2.45) is 5.92 Å². The molecule has 3 aliphatic rings. The number of nitrogens with one attached hydrogen (secondary N) is 1. The van der Waals surface area contributed by atoms with Crippen LogP contribution < -0.4 is 10.1 Å². The molecule has 3 heterocycles. The Hall–Kier alpha value is -2.37. The van der Waals surface area contributed by atoms with Crippen LogP contribution in [-0.2, 0) is 24.3 Å². The number of aryl methyl sites for hydroxylation is 1. The van der Waals surface area contributed by atoms with E-state index in [-0.39, 0.29) is 11.9 Å². The van der Waals surface area contributed by atoms with Crippen molar-refractivity contribution >= 4 is 5.91 Å². The minimum atomic E-state index is 0.146. The maximum atomic E-state index is 13.0. The number of rotatable bonds is 7. The molecule has 1 amide bonds. The fourth-order valence-electron chi connectivity index (χ4n) is 5.22. The lowest BCUT2D eigenvalue weighted by Gasteiger charge is -2.31. The second kappa shape index (κ2) is 10.1. The monoisotopic (exact) mass is 434 g/mol. The van der Waals surface area contributed by atoms with Crippen LogP contribution in [0.4, 0.5) is 0 Å². The molecule has 1 N–H and O–H groups in total.